The van der Waals surface area contributed by atoms with E-state index >= 15 is 0 Å². The van der Waals surface area contributed by atoms with Crippen molar-refractivity contribution in [1.29, 1.82) is 0 Å². The summed E-state index contributed by atoms with van der Waals surface area (Å²) in [5, 5.41) is 14.6. The van der Waals surface area contributed by atoms with Gasteiger partial charge in [-0.25, -0.2) is 9.97 Å². The fourth-order valence-corrected chi connectivity index (χ4v) is 2.83. The summed E-state index contributed by atoms with van der Waals surface area (Å²) in [5.74, 6) is 0.741. The number of thiophene rings is 1. The molecule has 0 saturated heterocycles. The molecule has 0 aliphatic carbocycles. The third-order valence-electron chi connectivity index (χ3n) is 2.96. The van der Waals surface area contributed by atoms with E-state index in [1.807, 2.05) is 23.6 Å². The molecule has 3 rings (SSSR count). The largest absolute Gasteiger partial charge is 0.396 e. The quantitative estimate of drug-likeness (QED) is 0.754. The van der Waals surface area contributed by atoms with Gasteiger partial charge in [0.15, 0.2) is 5.65 Å². The van der Waals surface area contributed by atoms with Crippen LogP contribution in [0.4, 0.5) is 5.82 Å². The van der Waals surface area contributed by atoms with Crippen molar-refractivity contribution in [1.82, 2.24) is 15.0 Å². The number of pyridine rings is 1. The average molecular weight is 286 g/mol. The van der Waals surface area contributed by atoms with E-state index in [-0.39, 0.29) is 12.6 Å². The Morgan fingerprint density at radius 1 is 1.20 bits per heavy atom. The summed E-state index contributed by atoms with van der Waals surface area (Å²) >= 11 is 1.66. The molecule has 0 aliphatic heterocycles. The molecule has 1 unspecified atom stereocenters. The molecule has 3 aromatic heterocycles. The molecule has 3 heterocycles. The zero-order valence-electron chi connectivity index (χ0n) is 10.7. The van der Waals surface area contributed by atoms with Crippen LogP contribution in [0.5, 0.6) is 0 Å². The molecule has 0 saturated carbocycles. The summed E-state index contributed by atoms with van der Waals surface area (Å²) < 4.78 is 0. The number of aliphatic hydroxyl groups is 1. The first-order valence-corrected chi connectivity index (χ1v) is 7.23. The first-order valence-electron chi connectivity index (χ1n) is 6.35. The van der Waals surface area contributed by atoms with E-state index in [1.165, 1.54) is 4.88 Å². The lowest BCUT2D eigenvalue weighted by Gasteiger charge is -2.17. The highest BCUT2D eigenvalue weighted by Crippen LogP contribution is 2.25. The highest BCUT2D eigenvalue weighted by molar-refractivity contribution is 7.10. The lowest BCUT2D eigenvalue weighted by molar-refractivity contribution is 0.280. The lowest BCUT2D eigenvalue weighted by Crippen LogP contribution is -2.12. The van der Waals surface area contributed by atoms with Crippen molar-refractivity contribution in [3.8, 4) is 0 Å². The van der Waals surface area contributed by atoms with Crippen LogP contribution in [0.25, 0.3) is 11.2 Å². The van der Waals surface area contributed by atoms with Crippen molar-refractivity contribution in [3.05, 3.63) is 46.9 Å². The van der Waals surface area contributed by atoms with Gasteiger partial charge in [0.2, 0.25) is 0 Å². The first-order chi connectivity index (χ1) is 9.86. The minimum absolute atomic E-state index is 0.0571. The predicted molar refractivity (Wildman–Crippen MR) is 79.7 cm³/mol. The van der Waals surface area contributed by atoms with E-state index < -0.39 is 0 Å². The maximum atomic E-state index is 9.21. The van der Waals surface area contributed by atoms with Gasteiger partial charge < -0.3 is 10.4 Å². The first kappa shape index (κ1) is 13.0. The summed E-state index contributed by atoms with van der Waals surface area (Å²) in [5.41, 5.74) is 1.39. The number of hydrogen-bond acceptors (Lipinski definition) is 6. The number of aromatic nitrogens is 3. The van der Waals surface area contributed by atoms with Crippen molar-refractivity contribution in [2.75, 3.05) is 11.9 Å². The van der Waals surface area contributed by atoms with Crippen LogP contribution in [0.2, 0.25) is 0 Å². The van der Waals surface area contributed by atoms with Crippen LogP contribution in [0, 0.1) is 0 Å². The minimum atomic E-state index is 0.0571. The third-order valence-corrected chi connectivity index (χ3v) is 3.94. The molecule has 6 heteroatoms. The molecule has 0 aliphatic rings. The van der Waals surface area contributed by atoms with Gasteiger partial charge >= 0.3 is 0 Å². The number of rotatable bonds is 5. The van der Waals surface area contributed by atoms with Crippen molar-refractivity contribution in [2.45, 2.75) is 12.5 Å². The zero-order chi connectivity index (χ0) is 13.8. The van der Waals surface area contributed by atoms with Crippen LogP contribution in [-0.2, 0) is 0 Å². The SMILES string of the molecule is OCCC(Nc1ccc2nccnc2n1)c1cccs1. The molecule has 0 amide bonds. The Kier molecular flexibility index (Phi) is 3.85. The molecule has 102 valence electrons. The number of fused-ring (bicyclic) bond motifs is 1. The fourth-order valence-electron chi connectivity index (χ4n) is 2.02. The maximum Gasteiger partial charge on any atom is 0.180 e. The van der Waals surface area contributed by atoms with Gasteiger partial charge in [-0.1, -0.05) is 6.07 Å². The van der Waals surface area contributed by atoms with Gasteiger partial charge in [0.1, 0.15) is 11.3 Å². The monoisotopic (exact) mass is 286 g/mol. The Labute approximate surface area is 120 Å². The number of nitrogens with zero attached hydrogens (tertiary/aromatic N) is 3. The Morgan fingerprint density at radius 3 is 2.90 bits per heavy atom. The third kappa shape index (κ3) is 2.76. The summed E-state index contributed by atoms with van der Waals surface area (Å²) in [6.07, 6.45) is 3.92. The second-order valence-electron chi connectivity index (χ2n) is 4.32. The molecule has 20 heavy (non-hydrogen) atoms. The standard InChI is InChI=1S/C14H14N4OS/c19-8-5-10(12-2-1-9-20-12)17-13-4-3-11-14(18-13)16-7-6-15-11/h1-4,6-7,9-10,19H,5,8H2,(H,16,17,18). The van der Waals surface area contributed by atoms with Crippen molar-refractivity contribution < 1.29 is 5.11 Å². The van der Waals surface area contributed by atoms with E-state index in [1.54, 1.807) is 23.7 Å². The van der Waals surface area contributed by atoms with Crippen molar-refractivity contribution in [3.63, 3.8) is 0 Å². The molecule has 2 N–H and O–H groups in total. The molecule has 3 aromatic rings. The molecule has 0 bridgehead atoms. The fraction of sp³-hybridized carbons (Fsp3) is 0.214. The highest BCUT2D eigenvalue weighted by atomic mass is 32.1. The molecule has 0 fully saturated rings. The molecule has 0 aromatic carbocycles. The lowest BCUT2D eigenvalue weighted by atomic mass is 10.2. The van der Waals surface area contributed by atoms with Crippen LogP contribution < -0.4 is 5.32 Å². The van der Waals surface area contributed by atoms with Gasteiger partial charge in [-0.3, -0.25) is 4.98 Å². The van der Waals surface area contributed by atoms with Crippen molar-refractivity contribution in [2.24, 2.45) is 0 Å². The van der Waals surface area contributed by atoms with E-state index in [9.17, 15) is 5.11 Å². The van der Waals surface area contributed by atoms with Gasteiger partial charge in [-0.15, -0.1) is 11.3 Å². The van der Waals surface area contributed by atoms with Crippen LogP contribution in [0.3, 0.4) is 0 Å². The predicted octanol–water partition coefficient (Wildman–Crippen LogP) is 2.62. The van der Waals surface area contributed by atoms with Crippen LogP contribution in [-0.4, -0.2) is 26.7 Å². The van der Waals surface area contributed by atoms with E-state index in [0.29, 0.717) is 12.1 Å². The maximum absolute atomic E-state index is 9.21. The summed E-state index contributed by atoms with van der Waals surface area (Å²) in [6.45, 7) is 0.128. The van der Waals surface area contributed by atoms with Gasteiger partial charge in [0, 0.05) is 23.9 Å². The van der Waals surface area contributed by atoms with E-state index in [2.05, 4.69) is 26.3 Å². The van der Waals surface area contributed by atoms with Gasteiger partial charge in [-0.05, 0) is 30.0 Å². The van der Waals surface area contributed by atoms with Crippen LogP contribution >= 0.6 is 11.3 Å². The van der Waals surface area contributed by atoms with Crippen LogP contribution in [0.15, 0.2) is 42.0 Å². The molecule has 0 radical (unpaired) electrons. The van der Waals surface area contributed by atoms with Crippen molar-refractivity contribution >= 4 is 28.3 Å². The highest BCUT2D eigenvalue weighted by Gasteiger charge is 2.12. The number of nitrogens with one attached hydrogen (secondary N) is 1. The molecule has 1 atom stereocenters. The normalized spacial score (nSPS) is 12.4. The molecule has 5 nitrogen and oxygen atoms in total. The van der Waals surface area contributed by atoms with E-state index in [4.69, 9.17) is 0 Å². The molecule has 0 spiro atoms. The Bertz CT molecular complexity index is 686. The minimum Gasteiger partial charge on any atom is -0.396 e. The molecular weight excluding hydrogens is 272 g/mol. The van der Waals surface area contributed by atoms with Crippen LogP contribution in [0.1, 0.15) is 17.3 Å². The Morgan fingerprint density at radius 2 is 2.10 bits per heavy atom. The average Bonchev–Trinajstić information content (AvgIpc) is 3.01. The summed E-state index contributed by atoms with van der Waals surface area (Å²) in [4.78, 5) is 14.0. The number of aliphatic hydroxyl groups excluding tert-OH is 1. The summed E-state index contributed by atoms with van der Waals surface area (Å²) in [7, 11) is 0. The zero-order valence-corrected chi connectivity index (χ0v) is 11.5. The smallest absolute Gasteiger partial charge is 0.180 e. The number of hydrogen-bond donors (Lipinski definition) is 2. The Hall–Kier alpha value is -2.05. The second kappa shape index (κ2) is 5.94. The van der Waals surface area contributed by atoms with Gasteiger partial charge in [0.25, 0.3) is 0 Å². The Balaban J connectivity index is 1.86. The summed E-state index contributed by atoms with van der Waals surface area (Å²) in [6, 6.07) is 7.89. The molecular formula is C14H14N4OS. The number of anilines is 1. The van der Waals surface area contributed by atoms with Gasteiger partial charge in [-0.2, -0.15) is 0 Å². The topological polar surface area (TPSA) is 70.9 Å². The van der Waals surface area contributed by atoms with E-state index in [0.717, 1.165) is 11.3 Å². The second-order valence-corrected chi connectivity index (χ2v) is 5.30. The van der Waals surface area contributed by atoms with Gasteiger partial charge in [0.05, 0.1) is 6.04 Å².